The number of halogens is 3. The lowest BCUT2D eigenvalue weighted by molar-refractivity contribution is -0.904. The van der Waals surface area contributed by atoms with Crippen molar-refractivity contribution in [3.63, 3.8) is 0 Å². The molecule has 0 aliphatic carbocycles. The number of amides is 1. The van der Waals surface area contributed by atoms with Crippen molar-refractivity contribution in [3.8, 4) is 5.75 Å². The molecule has 34 heavy (non-hydrogen) atoms. The molecule has 3 aromatic rings. The van der Waals surface area contributed by atoms with Crippen LogP contribution in [0.25, 0.3) is 0 Å². The number of carbonyl (C=O) groups excluding carboxylic acids is 1. The molecule has 0 unspecified atom stereocenters. The highest BCUT2D eigenvalue weighted by Crippen LogP contribution is 2.27. The second-order valence-electron chi connectivity index (χ2n) is 8.13. The van der Waals surface area contributed by atoms with E-state index in [1.54, 1.807) is 42.7 Å². The molecule has 1 aliphatic rings. The molecule has 0 atom stereocenters. The van der Waals surface area contributed by atoms with E-state index in [0.29, 0.717) is 52.5 Å². The molecule has 1 aliphatic heterocycles. The number of hydrogen-bond acceptors (Lipinski definition) is 4. The second-order valence-corrected chi connectivity index (χ2v) is 9.38. The Morgan fingerprint density at radius 3 is 2.38 bits per heavy atom. The third-order valence-corrected chi connectivity index (χ3v) is 6.67. The fourth-order valence-electron chi connectivity index (χ4n) is 3.85. The molecule has 1 amide bonds. The van der Waals surface area contributed by atoms with Crippen molar-refractivity contribution >= 4 is 40.7 Å². The fourth-order valence-corrected chi connectivity index (χ4v) is 4.52. The van der Waals surface area contributed by atoms with Crippen LogP contribution in [0.2, 0.25) is 15.1 Å². The highest BCUT2D eigenvalue weighted by Gasteiger charge is 2.23. The molecule has 6 nitrogen and oxygen atoms in total. The largest absolute Gasteiger partial charge is 0.492 e. The minimum absolute atomic E-state index is 0.0389. The van der Waals surface area contributed by atoms with Crippen LogP contribution in [0.4, 0.5) is 0 Å². The maximum absolute atomic E-state index is 13.1. The molecular formula is C25H25Cl3N3O3+. The van der Waals surface area contributed by atoms with Crippen molar-refractivity contribution in [3.05, 3.63) is 92.7 Å². The monoisotopic (exact) mass is 520 g/mol. The van der Waals surface area contributed by atoms with Gasteiger partial charge in [0, 0.05) is 71.6 Å². The Kier molecular flexibility index (Phi) is 8.16. The molecule has 9 heteroatoms. The van der Waals surface area contributed by atoms with Gasteiger partial charge in [0.2, 0.25) is 12.4 Å². The van der Waals surface area contributed by atoms with Gasteiger partial charge in [0.1, 0.15) is 5.75 Å². The Bertz CT molecular complexity index is 1150. The van der Waals surface area contributed by atoms with Crippen LogP contribution < -0.4 is 9.47 Å². The predicted molar refractivity (Wildman–Crippen MR) is 132 cm³/mol. The first-order valence-electron chi connectivity index (χ1n) is 11.0. The number of aromatic nitrogens is 1. The first kappa shape index (κ1) is 24.6. The second kappa shape index (κ2) is 11.3. The summed E-state index contributed by atoms with van der Waals surface area (Å²) in [6.45, 7) is 3.98. The van der Waals surface area contributed by atoms with Crippen LogP contribution in [-0.2, 0) is 13.0 Å². The standard InChI is InChI=1S/C25H25Cl3N3O3/c26-21-3-1-19(23(28)16-21)7-14-34-24-15-20(2-4-22(24)27)25(32)30-12-10-29(11-13-30)17-18-5-8-31(33)9-6-18/h1-6,8-9,15-16,33H,7,10-14,17H2/q+1. The average molecular weight is 522 g/mol. The summed E-state index contributed by atoms with van der Waals surface area (Å²) in [5.74, 6) is 0.435. The zero-order chi connectivity index (χ0) is 24.1. The SMILES string of the molecule is O=C(c1ccc(Cl)c(OCCc2ccc(Cl)cc2Cl)c1)N1CCN(Cc2cc[n+](O)cc2)CC1. The van der Waals surface area contributed by atoms with Gasteiger partial charge in [-0.05, 0) is 41.5 Å². The Morgan fingerprint density at radius 2 is 1.68 bits per heavy atom. The van der Waals surface area contributed by atoms with Crippen molar-refractivity contribution in [1.29, 1.82) is 0 Å². The lowest BCUT2D eigenvalue weighted by Gasteiger charge is -2.34. The van der Waals surface area contributed by atoms with Crippen LogP contribution in [0.15, 0.2) is 60.9 Å². The van der Waals surface area contributed by atoms with Crippen molar-refractivity contribution in [2.24, 2.45) is 0 Å². The summed E-state index contributed by atoms with van der Waals surface area (Å²) in [7, 11) is 0. The van der Waals surface area contributed by atoms with E-state index in [9.17, 15) is 10.0 Å². The first-order chi connectivity index (χ1) is 16.4. The Hall–Kier alpha value is -2.51. The number of benzene rings is 2. The number of carbonyl (C=O) groups is 1. The third kappa shape index (κ3) is 6.33. The quantitative estimate of drug-likeness (QED) is 0.360. The molecule has 1 saturated heterocycles. The number of nitrogens with zero attached hydrogens (tertiary/aromatic N) is 3. The van der Waals surface area contributed by atoms with Gasteiger partial charge < -0.3 is 9.64 Å². The summed E-state index contributed by atoms with van der Waals surface area (Å²) in [5.41, 5.74) is 2.59. The fraction of sp³-hybridized carbons (Fsp3) is 0.280. The lowest BCUT2D eigenvalue weighted by Crippen LogP contribution is -2.48. The molecular weight excluding hydrogens is 497 g/mol. The normalized spacial score (nSPS) is 14.3. The highest BCUT2D eigenvalue weighted by atomic mass is 35.5. The predicted octanol–water partition coefficient (Wildman–Crippen LogP) is 4.75. The maximum atomic E-state index is 13.1. The van der Waals surface area contributed by atoms with Crippen LogP contribution in [0, 0.1) is 0 Å². The minimum Gasteiger partial charge on any atom is -0.492 e. The molecule has 2 heterocycles. The van der Waals surface area contributed by atoms with Crippen LogP contribution in [0.1, 0.15) is 21.5 Å². The molecule has 0 bridgehead atoms. The minimum atomic E-state index is -0.0389. The summed E-state index contributed by atoms with van der Waals surface area (Å²) in [6.07, 6.45) is 3.81. The molecule has 4 rings (SSSR count). The van der Waals surface area contributed by atoms with Crippen LogP contribution in [0.5, 0.6) is 5.75 Å². The van der Waals surface area contributed by atoms with E-state index in [4.69, 9.17) is 39.5 Å². The molecule has 2 aromatic carbocycles. The van der Waals surface area contributed by atoms with Gasteiger partial charge in [0.25, 0.3) is 5.91 Å². The van der Waals surface area contributed by atoms with Crippen LogP contribution >= 0.6 is 34.8 Å². The number of piperazine rings is 1. The summed E-state index contributed by atoms with van der Waals surface area (Å²) in [4.78, 5) is 17.2. The highest BCUT2D eigenvalue weighted by molar-refractivity contribution is 6.35. The molecule has 1 aromatic heterocycles. The van der Waals surface area contributed by atoms with E-state index >= 15 is 0 Å². The molecule has 0 spiro atoms. The zero-order valence-electron chi connectivity index (χ0n) is 18.5. The van der Waals surface area contributed by atoms with Crippen molar-refractivity contribution < 1.29 is 19.5 Å². The summed E-state index contributed by atoms with van der Waals surface area (Å²) in [6, 6.07) is 14.3. The molecule has 1 fully saturated rings. The van der Waals surface area contributed by atoms with Gasteiger partial charge >= 0.3 is 0 Å². The number of hydrogen-bond donors (Lipinski definition) is 1. The van der Waals surface area contributed by atoms with E-state index in [2.05, 4.69) is 4.90 Å². The molecule has 0 saturated carbocycles. The zero-order valence-corrected chi connectivity index (χ0v) is 20.7. The maximum Gasteiger partial charge on any atom is 0.254 e. The lowest BCUT2D eigenvalue weighted by atomic mass is 10.1. The van der Waals surface area contributed by atoms with Crippen molar-refractivity contribution in [1.82, 2.24) is 9.80 Å². The molecule has 1 N–H and O–H groups in total. The van der Waals surface area contributed by atoms with Crippen LogP contribution in [-0.4, -0.2) is 53.7 Å². The van der Waals surface area contributed by atoms with E-state index in [1.165, 1.54) is 0 Å². The number of ether oxygens (including phenoxy) is 1. The van der Waals surface area contributed by atoms with Gasteiger partial charge in [-0.1, -0.05) is 40.9 Å². The molecule has 0 radical (unpaired) electrons. The Balaban J connectivity index is 1.32. The van der Waals surface area contributed by atoms with Crippen molar-refractivity contribution in [2.45, 2.75) is 13.0 Å². The summed E-state index contributed by atoms with van der Waals surface area (Å²) in [5, 5.41) is 11.0. The summed E-state index contributed by atoms with van der Waals surface area (Å²) >= 11 is 18.5. The first-order valence-corrected chi connectivity index (χ1v) is 12.1. The van der Waals surface area contributed by atoms with E-state index < -0.39 is 0 Å². The number of pyridine rings is 1. The van der Waals surface area contributed by atoms with E-state index in [-0.39, 0.29) is 5.91 Å². The topological polar surface area (TPSA) is 56.9 Å². The van der Waals surface area contributed by atoms with Gasteiger partial charge in [-0.25, -0.2) is 0 Å². The smallest absolute Gasteiger partial charge is 0.254 e. The number of rotatable bonds is 7. The Labute approximate surface area is 213 Å². The van der Waals surface area contributed by atoms with Crippen LogP contribution in [0.3, 0.4) is 0 Å². The van der Waals surface area contributed by atoms with Gasteiger partial charge in [-0.3, -0.25) is 14.9 Å². The van der Waals surface area contributed by atoms with E-state index in [0.717, 1.165) is 35.5 Å². The van der Waals surface area contributed by atoms with Gasteiger partial charge in [-0.2, -0.15) is 0 Å². The van der Waals surface area contributed by atoms with Gasteiger partial charge in [0.05, 0.1) is 11.6 Å². The average Bonchev–Trinajstić information content (AvgIpc) is 2.83. The Morgan fingerprint density at radius 1 is 0.941 bits per heavy atom. The third-order valence-electron chi connectivity index (χ3n) is 5.77. The van der Waals surface area contributed by atoms with Gasteiger partial charge in [-0.15, -0.1) is 0 Å². The van der Waals surface area contributed by atoms with Gasteiger partial charge in [0.15, 0.2) is 0 Å². The van der Waals surface area contributed by atoms with Crippen molar-refractivity contribution in [2.75, 3.05) is 32.8 Å². The summed E-state index contributed by atoms with van der Waals surface area (Å²) < 4.78 is 6.90. The van der Waals surface area contributed by atoms with E-state index in [1.807, 2.05) is 23.1 Å². The molecule has 178 valence electrons.